The highest BCUT2D eigenvalue weighted by Gasteiger charge is 2.56. The Morgan fingerprint density at radius 2 is 2.16 bits per heavy atom. The number of benzene rings is 1. The molecule has 100 valence electrons. The van der Waals surface area contributed by atoms with E-state index < -0.39 is 15.0 Å². The largest absolute Gasteiger partial charge is 0.358 e. The molecule has 1 aromatic carbocycles. The van der Waals surface area contributed by atoms with Gasteiger partial charge in [0.05, 0.1) is 8.07 Å². The maximum atomic E-state index is 7.90. The summed E-state index contributed by atoms with van der Waals surface area (Å²) in [7, 11) is -1.74. The van der Waals surface area contributed by atoms with Crippen LogP contribution in [0.25, 0.3) is 0 Å². The molecule has 0 saturated carbocycles. The van der Waals surface area contributed by atoms with Crippen molar-refractivity contribution in [2.24, 2.45) is 0 Å². The van der Waals surface area contributed by atoms with Crippen LogP contribution in [0.3, 0.4) is 0 Å². The molecule has 0 bridgehead atoms. The molecule has 0 fully saturated rings. The molecule has 0 aliphatic carbocycles. The molecule has 3 aliphatic heterocycles. The van der Waals surface area contributed by atoms with Gasteiger partial charge in [0.1, 0.15) is 6.17 Å². The van der Waals surface area contributed by atoms with Crippen LogP contribution in [0.15, 0.2) is 30.1 Å². The molecule has 3 aliphatic rings. The average Bonchev–Trinajstić information content (AvgIpc) is 2.91. The van der Waals surface area contributed by atoms with E-state index in [4.69, 9.17) is 4.11 Å². The smallest absolute Gasteiger partial charge is 0.109 e. The van der Waals surface area contributed by atoms with Gasteiger partial charge in [-0.2, -0.15) is 0 Å². The zero-order chi connectivity index (χ0) is 16.1. The number of anilines is 1. The molecule has 0 amide bonds. The van der Waals surface area contributed by atoms with E-state index in [0.717, 1.165) is 6.42 Å². The van der Waals surface area contributed by atoms with Gasteiger partial charge in [-0.15, -0.1) is 0 Å². The van der Waals surface area contributed by atoms with Gasteiger partial charge in [-0.1, -0.05) is 45.1 Å². The molecule has 0 radical (unpaired) electrons. The van der Waals surface area contributed by atoms with Gasteiger partial charge in [-0.3, -0.25) is 0 Å². The van der Waals surface area contributed by atoms with E-state index in [-0.39, 0.29) is 11.2 Å². The van der Waals surface area contributed by atoms with E-state index in [0.29, 0.717) is 0 Å². The van der Waals surface area contributed by atoms with E-state index in [1.54, 1.807) is 4.90 Å². The first-order chi connectivity index (χ1) is 10.1. The third kappa shape index (κ3) is 1.10. The van der Waals surface area contributed by atoms with Crippen molar-refractivity contribution in [1.29, 1.82) is 0 Å². The first kappa shape index (κ1) is 8.85. The third-order valence-corrected chi connectivity index (χ3v) is 10.9. The summed E-state index contributed by atoms with van der Waals surface area (Å²) in [6.07, 6.45) is 2.64. The van der Waals surface area contributed by atoms with Crippen LogP contribution in [-0.4, -0.2) is 26.1 Å². The van der Waals surface area contributed by atoms with E-state index in [2.05, 4.69) is 50.0 Å². The van der Waals surface area contributed by atoms with Gasteiger partial charge in [0.25, 0.3) is 0 Å². The van der Waals surface area contributed by atoms with Gasteiger partial charge in [0.15, 0.2) is 0 Å². The SMILES string of the molecule is [2H]C([2H])([2H])N1C=C2N3c4c(cccc4[Si](C)(C)C2(C)C)CC31. The Kier molecular flexibility index (Phi) is 1.44. The Morgan fingerprint density at radius 1 is 1.37 bits per heavy atom. The molecule has 0 spiro atoms. The van der Waals surface area contributed by atoms with Gasteiger partial charge < -0.3 is 9.80 Å². The van der Waals surface area contributed by atoms with Crippen LogP contribution in [0, 0.1) is 0 Å². The molecule has 1 atom stereocenters. The normalized spacial score (nSPS) is 31.5. The number of hydrogen-bond acceptors (Lipinski definition) is 2. The summed E-state index contributed by atoms with van der Waals surface area (Å²) in [5, 5.41) is 1.49. The minimum absolute atomic E-state index is 0.0151. The molecule has 1 unspecified atom stereocenters. The summed E-state index contributed by atoms with van der Waals surface area (Å²) in [5.74, 6) is 0. The average molecular weight is 273 g/mol. The Bertz CT molecular complexity index is 706. The van der Waals surface area contributed by atoms with Gasteiger partial charge in [0.2, 0.25) is 0 Å². The van der Waals surface area contributed by atoms with Crippen LogP contribution in [0.2, 0.25) is 18.1 Å². The monoisotopic (exact) mass is 273 g/mol. The number of likely N-dealkylation sites (N-methyl/N-ethyl adjacent to an activating group) is 1. The molecular formula is C16H22N2Si. The second-order valence-electron chi connectivity index (χ2n) is 7.04. The van der Waals surface area contributed by atoms with Gasteiger partial charge in [0, 0.05) is 40.1 Å². The van der Waals surface area contributed by atoms with Gasteiger partial charge >= 0.3 is 0 Å². The molecular weight excluding hydrogens is 248 g/mol. The Labute approximate surface area is 120 Å². The van der Waals surface area contributed by atoms with Crippen molar-refractivity contribution >= 4 is 18.9 Å². The van der Waals surface area contributed by atoms with E-state index >= 15 is 0 Å². The highest BCUT2D eigenvalue weighted by atomic mass is 28.3. The molecule has 4 rings (SSSR count). The second-order valence-corrected chi connectivity index (χ2v) is 12.1. The summed E-state index contributed by atoms with van der Waals surface area (Å²) >= 11 is 0. The fraction of sp³-hybridized carbons (Fsp3) is 0.500. The van der Waals surface area contributed by atoms with Gasteiger partial charge in [-0.05, 0) is 10.8 Å². The molecule has 3 heteroatoms. The number of para-hydroxylation sites is 1. The minimum atomic E-state index is -2.08. The van der Waals surface area contributed by atoms with Crippen LogP contribution in [0.1, 0.15) is 23.5 Å². The maximum Gasteiger partial charge on any atom is 0.109 e. The second kappa shape index (κ2) is 3.09. The van der Waals surface area contributed by atoms with E-state index in [1.807, 2.05) is 6.20 Å². The molecule has 2 nitrogen and oxygen atoms in total. The highest BCUT2D eigenvalue weighted by molar-refractivity contribution is 6.94. The summed E-state index contributed by atoms with van der Waals surface area (Å²) in [6, 6.07) is 6.58. The van der Waals surface area contributed by atoms with Crippen molar-refractivity contribution in [3.8, 4) is 0 Å². The first-order valence-electron chi connectivity index (χ1n) is 8.49. The van der Waals surface area contributed by atoms with Crippen molar-refractivity contribution in [2.45, 2.75) is 44.6 Å². The Balaban J connectivity index is 2.02. The number of allylic oxidation sites excluding steroid dienone is 1. The number of hydrogen-bond donors (Lipinski definition) is 0. The Hall–Kier alpha value is -1.22. The van der Waals surface area contributed by atoms with Crippen LogP contribution < -0.4 is 10.1 Å². The molecule has 19 heavy (non-hydrogen) atoms. The molecule has 0 saturated heterocycles. The topological polar surface area (TPSA) is 6.48 Å². The van der Waals surface area contributed by atoms with E-state index in [1.165, 1.54) is 22.1 Å². The molecule has 1 aromatic rings. The standard InChI is InChI=1S/C16H22N2Si/c1-16(2)13-10-17(3)14-9-11-7-6-8-12(19(16,4)5)15(11)18(13)14/h6-8,10,14H,9H2,1-5H3/i3D3. The van der Waals surface area contributed by atoms with Gasteiger partial charge in [-0.25, -0.2) is 0 Å². The van der Waals surface area contributed by atoms with Crippen molar-refractivity contribution < 1.29 is 4.11 Å². The van der Waals surface area contributed by atoms with Crippen LogP contribution in [0.4, 0.5) is 5.69 Å². The van der Waals surface area contributed by atoms with Crippen molar-refractivity contribution in [3.05, 3.63) is 35.7 Å². The fourth-order valence-corrected chi connectivity index (χ4v) is 6.77. The van der Waals surface area contributed by atoms with Crippen molar-refractivity contribution in [1.82, 2.24) is 4.90 Å². The highest BCUT2D eigenvalue weighted by Crippen LogP contribution is 2.56. The number of nitrogens with zero attached hydrogens (tertiary/aromatic N) is 2. The van der Waals surface area contributed by atoms with E-state index in [9.17, 15) is 0 Å². The zero-order valence-corrected chi connectivity index (χ0v) is 13.0. The fourth-order valence-electron chi connectivity index (χ4n) is 3.88. The minimum Gasteiger partial charge on any atom is -0.358 e. The Morgan fingerprint density at radius 3 is 2.89 bits per heavy atom. The maximum absolute atomic E-state index is 7.90. The summed E-state index contributed by atoms with van der Waals surface area (Å²) < 4.78 is 23.7. The van der Waals surface area contributed by atoms with Crippen LogP contribution in [0.5, 0.6) is 0 Å². The molecule has 0 aromatic heterocycles. The lowest BCUT2D eigenvalue weighted by atomic mass is 10.1. The van der Waals surface area contributed by atoms with Crippen molar-refractivity contribution in [3.63, 3.8) is 0 Å². The number of rotatable bonds is 0. The first-order valence-corrected chi connectivity index (χ1v) is 9.99. The zero-order valence-electron chi connectivity index (χ0n) is 15.0. The molecule has 3 heterocycles. The predicted octanol–water partition coefficient (Wildman–Crippen LogP) is 2.87. The lowest BCUT2D eigenvalue weighted by Gasteiger charge is -2.50. The summed E-state index contributed by atoms with van der Waals surface area (Å²) in [6.45, 7) is 7.31. The van der Waals surface area contributed by atoms with Crippen LogP contribution >= 0.6 is 0 Å². The predicted molar refractivity (Wildman–Crippen MR) is 83.4 cm³/mol. The lowest BCUT2D eigenvalue weighted by molar-refractivity contribution is 0.367. The quantitative estimate of drug-likeness (QED) is 0.671. The summed E-state index contributed by atoms with van der Waals surface area (Å²) in [5.41, 5.74) is 3.81. The third-order valence-electron chi connectivity index (χ3n) is 5.78. The van der Waals surface area contributed by atoms with Crippen LogP contribution in [-0.2, 0) is 6.42 Å². The van der Waals surface area contributed by atoms with Crippen molar-refractivity contribution in [2.75, 3.05) is 11.9 Å². The molecule has 0 N–H and O–H groups in total. The summed E-state index contributed by atoms with van der Waals surface area (Å²) in [4.78, 5) is 3.92. The lowest BCUT2D eigenvalue weighted by Crippen LogP contribution is -2.59.